The molecule has 2 heterocycles. The first kappa shape index (κ1) is 13.4. The van der Waals surface area contributed by atoms with Crippen LogP contribution in [0, 0.1) is 11.3 Å². The molecule has 1 aliphatic heterocycles. The van der Waals surface area contributed by atoms with E-state index in [4.69, 9.17) is 5.26 Å². The van der Waals surface area contributed by atoms with E-state index in [2.05, 4.69) is 40.6 Å². The van der Waals surface area contributed by atoms with Crippen LogP contribution in [0.2, 0.25) is 0 Å². The zero-order valence-electron chi connectivity index (χ0n) is 11.5. The molecule has 0 N–H and O–H groups in total. The minimum atomic E-state index is 0.741. The maximum absolute atomic E-state index is 8.81. The first-order valence-electron chi connectivity index (χ1n) is 7.10. The van der Waals surface area contributed by atoms with Gasteiger partial charge in [-0.15, -0.1) is 11.3 Å². The molecule has 1 aliphatic rings. The van der Waals surface area contributed by atoms with E-state index in [0.29, 0.717) is 0 Å². The molecule has 2 nitrogen and oxygen atoms in total. The quantitative estimate of drug-likeness (QED) is 0.851. The molecule has 0 spiro atoms. The molecule has 1 aromatic carbocycles. The average molecular weight is 282 g/mol. The normalized spacial score (nSPS) is 16.9. The van der Waals surface area contributed by atoms with Gasteiger partial charge in [0.25, 0.3) is 0 Å². The summed E-state index contributed by atoms with van der Waals surface area (Å²) >= 11 is 1.89. The predicted octanol–water partition coefficient (Wildman–Crippen LogP) is 4.00. The topological polar surface area (TPSA) is 27.0 Å². The fraction of sp³-hybridized carbons (Fsp3) is 0.353. The Morgan fingerprint density at radius 1 is 1.15 bits per heavy atom. The van der Waals surface area contributed by atoms with Crippen molar-refractivity contribution in [3.8, 4) is 6.07 Å². The van der Waals surface area contributed by atoms with Crippen molar-refractivity contribution >= 4 is 11.3 Å². The molecular formula is C17H18N2S. The minimum Gasteiger partial charge on any atom is -0.299 e. The van der Waals surface area contributed by atoms with Crippen LogP contribution >= 0.6 is 11.3 Å². The third-order valence-electron chi connectivity index (χ3n) is 4.02. The zero-order valence-corrected chi connectivity index (χ0v) is 12.3. The minimum absolute atomic E-state index is 0.741. The lowest BCUT2D eigenvalue weighted by Gasteiger charge is -2.31. The second-order valence-corrected chi connectivity index (χ2v) is 6.35. The van der Waals surface area contributed by atoms with Gasteiger partial charge in [0.2, 0.25) is 0 Å². The number of thiophene rings is 1. The van der Waals surface area contributed by atoms with Gasteiger partial charge in [-0.3, -0.25) is 4.90 Å². The summed E-state index contributed by atoms with van der Waals surface area (Å²) in [6.45, 7) is 3.34. The zero-order chi connectivity index (χ0) is 13.8. The highest BCUT2D eigenvalue weighted by Crippen LogP contribution is 2.31. The standard InChI is InChI=1S/C17H18N2S/c18-12-14-3-5-15(6-4-14)13-19-9-7-16(8-10-19)17-2-1-11-20-17/h1-6,11,16H,7-10,13H2. The number of benzene rings is 1. The summed E-state index contributed by atoms with van der Waals surface area (Å²) in [5.74, 6) is 0.757. The van der Waals surface area contributed by atoms with Crippen LogP contribution in [0.25, 0.3) is 0 Å². The van der Waals surface area contributed by atoms with Gasteiger partial charge < -0.3 is 0 Å². The van der Waals surface area contributed by atoms with Crippen molar-refractivity contribution in [2.75, 3.05) is 13.1 Å². The number of hydrogen-bond donors (Lipinski definition) is 0. The van der Waals surface area contributed by atoms with E-state index >= 15 is 0 Å². The number of likely N-dealkylation sites (tertiary alicyclic amines) is 1. The molecule has 2 aromatic rings. The van der Waals surface area contributed by atoms with Gasteiger partial charge in [-0.2, -0.15) is 5.26 Å². The van der Waals surface area contributed by atoms with E-state index in [1.165, 1.54) is 31.5 Å². The van der Waals surface area contributed by atoms with E-state index in [-0.39, 0.29) is 0 Å². The molecule has 0 radical (unpaired) electrons. The van der Waals surface area contributed by atoms with Crippen molar-refractivity contribution in [3.63, 3.8) is 0 Å². The lowest BCUT2D eigenvalue weighted by Crippen LogP contribution is -2.32. The summed E-state index contributed by atoms with van der Waals surface area (Å²) in [5.41, 5.74) is 2.05. The first-order chi connectivity index (χ1) is 9.85. The van der Waals surface area contributed by atoms with Crippen LogP contribution in [0.3, 0.4) is 0 Å². The van der Waals surface area contributed by atoms with Crippen molar-refractivity contribution in [3.05, 3.63) is 57.8 Å². The fourth-order valence-corrected chi connectivity index (χ4v) is 3.74. The number of nitrogens with zero attached hydrogens (tertiary/aromatic N) is 2. The summed E-state index contributed by atoms with van der Waals surface area (Å²) < 4.78 is 0. The van der Waals surface area contributed by atoms with Crippen LogP contribution in [-0.4, -0.2) is 18.0 Å². The molecule has 0 amide bonds. The molecule has 0 unspecified atom stereocenters. The van der Waals surface area contributed by atoms with Crippen LogP contribution in [0.1, 0.15) is 34.8 Å². The Labute approximate surface area is 124 Å². The Kier molecular flexibility index (Phi) is 4.15. The maximum atomic E-state index is 8.81. The number of nitriles is 1. The average Bonchev–Trinajstić information content (AvgIpc) is 3.03. The molecule has 0 atom stereocenters. The number of piperidine rings is 1. The van der Waals surface area contributed by atoms with Crippen LogP contribution in [0.4, 0.5) is 0 Å². The van der Waals surface area contributed by atoms with Gasteiger partial charge in [-0.1, -0.05) is 18.2 Å². The van der Waals surface area contributed by atoms with Crippen LogP contribution in [0.15, 0.2) is 41.8 Å². The smallest absolute Gasteiger partial charge is 0.0991 e. The summed E-state index contributed by atoms with van der Waals surface area (Å²) in [6.07, 6.45) is 2.52. The Bertz CT molecular complexity index is 572. The molecule has 0 bridgehead atoms. The highest BCUT2D eigenvalue weighted by Gasteiger charge is 2.21. The van der Waals surface area contributed by atoms with E-state index in [1.54, 1.807) is 4.88 Å². The first-order valence-corrected chi connectivity index (χ1v) is 7.98. The van der Waals surface area contributed by atoms with Crippen molar-refractivity contribution in [1.82, 2.24) is 4.90 Å². The Balaban J connectivity index is 1.54. The number of hydrogen-bond acceptors (Lipinski definition) is 3. The van der Waals surface area contributed by atoms with E-state index in [9.17, 15) is 0 Å². The lowest BCUT2D eigenvalue weighted by molar-refractivity contribution is 0.205. The Morgan fingerprint density at radius 2 is 1.90 bits per heavy atom. The molecule has 1 saturated heterocycles. The van der Waals surface area contributed by atoms with Gasteiger partial charge in [-0.25, -0.2) is 0 Å². The van der Waals surface area contributed by atoms with Crippen LogP contribution in [-0.2, 0) is 6.54 Å². The van der Waals surface area contributed by atoms with Gasteiger partial charge in [0, 0.05) is 11.4 Å². The van der Waals surface area contributed by atoms with Crippen LogP contribution in [0.5, 0.6) is 0 Å². The van der Waals surface area contributed by atoms with Crippen molar-refractivity contribution < 1.29 is 0 Å². The SMILES string of the molecule is N#Cc1ccc(CN2CCC(c3cccs3)CC2)cc1. The molecule has 0 saturated carbocycles. The Morgan fingerprint density at radius 3 is 2.50 bits per heavy atom. The van der Waals surface area contributed by atoms with Gasteiger partial charge in [0.15, 0.2) is 0 Å². The molecular weight excluding hydrogens is 264 g/mol. The summed E-state index contributed by atoms with van der Waals surface area (Å²) in [6, 6.07) is 14.6. The third-order valence-corrected chi connectivity index (χ3v) is 5.06. The van der Waals surface area contributed by atoms with Crippen molar-refractivity contribution in [2.45, 2.75) is 25.3 Å². The van der Waals surface area contributed by atoms with E-state index < -0.39 is 0 Å². The fourth-order valence-electron chi connectivity index (χ4n) is 2.84. The summed E-state index contributed by atoms with van der Waals surface area (Å²) in [7, 11) is 0. The predicted molar refractivity (Wildman–Crippen MR) is 82.7 cm³/mol. The van der Waals surface area contributed by atoms with Crippen molar-refractivity contribution in [1.29, 1.82) is 5.26 Å². The monoisotopic (exact) mass is 282 g/mol. The molecule has 3 rings (SSSR count). The largest absolute Gasteiger partial charge is 0.299 e. The van der Waals surface area contributed by atoms with Crippen molar-refractivity contribution in [2.24, 2.45) is 0 Å². The highest BCUT2D eigenvalue weighted by molar-refractivity contribution is 7.10. The summed E-state index contributed by atoms with van der Waals surface area (Å²) in [5, 5.41) is 11.0. The highest BCUT2D eigenvalue weighted by atomic mass is 32.1. The van der Waals surface area contributed by atoms with Gasteiger partial charge >= 0.3 is 0 Å². The molecule has 1 aromatic heterocycles. The molecule has 20 heavy (non-hydrogen) atoms. The van der Waals surface area contributed by atoms with E-state index in [1.807, 2.05) is 23.5 Å². The van der Waals surface area contributed by atoms with Gasteiger partial charge in [-0.05, 0) is 61.0 Å². The molecule has 3 heteroatoms. The summed E-state index contributed by atoms with van der Waals surface area (Å²) in [4.78, 5) is 4.06. The van der Waals surface area contributed by atoms with Gasteiger partial charge in [0.1, 0.15) is 0 Å². The van der Waals surface area contributed by atoms with Gasteiger partial charge in [0.05, 0.1) is 11.6 Å². The lowest BCUT2D eigenvalue weighted by atomic mass is 9.95. The second-order valence-electron chi connectivity index (χ2n) is 5.37. The maximum Gasteiger partial charge on any atom is 0.0991 e. The Hall–Kier alpha value is -1.63. The molecule has 102 valence electrons. The molecule has 0 aliphatic carbocycles. The van der Waals surface area contributed by atoms with Crippen LogP contribution < -0.4 is 0 Å². The second kappa shape index (κ2) is 6.21. The number of rotatable bonds is 3. The third kappa shape index (κ3) is 3.09. The van der Waals surface area contributed by atoms with E-state index in [0.717, 1.165) is 18.0 Å². The molecule has 1 fully saturated rings.